The molecule has 294 valence electrons. The van der Waals surface area contributed by atoms with Crippen LogP contribution in [0, 0.1) is 0 Å². The first-order valence-corrected chi connectivity index (χ1v) is 16.6. The molecule has 0 bridgehead atoms. The van der Waals surface area contributed by atoms with Crippen molar-refractivity contribution < 1.29 is 85.8 Å². The zero-order valence-corrected chi connectivity index (χ0v) is 31.3. The molecule has 21 heteroatoms. The number of esters is 7. The lowest BCUT2D eigenvalue weighted by Crippen LogP contribution is -2.66. The van der Waals surface area contributed by atoms with Crippen molar-refractivity contribution >= 4 is 65.4 Å². The highest BCUT2D eigenvalue weighted by Gasteiger charge is 2.54. The van der Waals surface area contributed by atoms with Gasteiger partial charge in [-0.3, -0.25) is 43.2 Å². The summed E-state index contributed by atoms with van der Waals surface area (Å²) in [5.74, 6) is -7.48. The SMILES string of the molecule is COC(OC(C)=O)[C@H](NC(C)=O)[C@@H](OC(C)=O)[C@H](S[C@@H]1O[C@H](COC(C)=O)[C@@H](OC(C)=O)[C@H](OC(C)=O)[C@H]1NC(C)=O)[C@@H](COC(C)=O)OC(C)=O. The molecule has 20 nitrogen and oxygen atoms in total. The van der Waals surface area contributed by atoms with Gasteiger partial charge in [0.2, 0.25) is 18.1 Å². The Morgan fingerprint density at radius 2 is 1.19 bits per heavy atom. The summed E-state index contributed by atoms with van der Waals surface area (Å²) < 4.78 is 49.5. The van der Waals surface area contributed by atoms with Gasteiger partial charge in [0.1, 0.15) is 42.9 Å². The summed E-state index contributed by atoms with van der Waals surface area (Å²) in [6.45, 7) is 8.29. The second-order valence-electron chi connectivity index (χ2n) is 11.3. The maximum Gasteiger partial charge on any atom is 0.305 e. The van der Waals surface area contributed by atoms with Crippen LogP contribution in [0.3, 0.4) is 0 Å². The molecule has 0 radical (unpaired) electrons. The molecule has 1 aliphatic heterocycles. The molecule has 1 unspecified atom stereocenters. The molecule has 1 saturated heterocycles. The Morgan fingerprint density at radius 1 is 0.654 bits per heavy atom. The van der Waals surface area contributed by atoms with Gasteiger partial charge in [0.05, 0.1) is 5.25 Å². The molecule has 0 spiro atoms. The highest BCUT2D eigenvalue weighted by molar-refractivity contribution is 8.00. The van der Waals surface area contributed by atoms with Crippen molar-refractivity contribution in [2.45, 2.75) is 122 Å². The van der Waals surface area contributed by atoms with Crippen LogP contribution in [0.2, 0.25) is 0 Å². The van der Waals surface area contributed by atoms with Crippen molar-refractivity contribution in [3.63, 3.8) is 0 Å². The van der Waals surface area contributed by atoms with Gasteiger partial charge in [0.15, 0.2) is 18.3 Å². The molecule has 1 rings (SSSR count). The number of nitrogens with one attached hydrogen (secondary N) is 2. The van der Waals surface area contributed by atoms with Gasteiger partial charge in [-0.05, 0) is 0 Å². The summed E-state index contributed by atoms with van der Waals surface area (Å²) in [6, 6.07) is -2.98. The molecule has 0 saturated carbocycles. The van der Waals surface area contributed by atoms with Crippen LogP contribution in [0.5, 0.6) is 0 Å². The Labute approximate surface area is 303 Å². The Bertz CT molecular complexity index is 1330. The predicted molar refractivity (Wildman–Crippen MR) is 173 cm³/mol. The van der Waals surface area contributed by atoms with E-state index >= 15 is 0 Å². The lowest BCUT2D eigenvalue weighted by Gasteiger charge is -2.47. The van der Waals surface area contributed by atoms with Gasteiger partial charge in [-0.15, -0.1) is 11.8 Å². The fourth-order valence-electron chi connectivity index (χ4n) is 5.05. The fourth-order valence-corrected chi connectivity index (χ4v) is 6.65. The van der Waals surface area contributed by atoms with Gasteiger partial charge < -0.3 is 53.3 Å². The molecule has 1 heterocycles. The quantitative estimate of drug-likeness (QED) is 0.0984. The van der Waals surface area contributed by atoms with Crippen LogP contribution in [0.1, 0.15) is 62.3 Å². The topological polar surface area (TPSA) is 261 Å². The van der Waals surface area contributed by atoms with Crippen molar-refractivity contribution in [2.24, 2.45) is 0 Å². The van der Waals surface area contributed by atoms with Crippen LogP contribution in [-0.4, -0.2) is 134 Å². The van der Waals surface area contributed by atoms with Crippen LogP contribution in [-0.2, 0) is 85.8 Å². The number of hydrogen-bond donors (Lipinski definition) is 2. The Balaban J connectivity index is 4.19. The molecule has 52 heavy (non-hydrogen) atoms. The number of ether oxygens (including phenoxy) is 9. The summed E-state index contributed by atoms with van der Waals surface area (Å²) in [6.07, 6.45) is -9.30. The third kappa shape index (κ3) is 15.8. The van der Waals surface area contributed by atoms with E-state index in [2.05, 4.69) is 10.6 Å². The van der Waals surface area contributed by atoms with Crippen LogP contribution >= 0.6 is 11.8 Å². The molecule has 0 aromatic carbocycles. The highest BCUT2D eigenvalue weighted by Crippen LogP contribution is 2.39. The van der Waals surface area contributed by atoms with Gasteiger partial charge >= 0.3 is 41.8 Å². The Hall–Kier alpha value is -4.50. The molecule has 1 aliphatic rings. The number of amides is 2. The van der Waals surface area contributed by atoms with E-state index in [1.165, 1.54) is 0 Å². The van der Waals surface area contributed by atoms with Crippen LogP contribution < -0.4 is 10.6 Å². The second-order valence-corrected chi connectivity index (χ2v) is 12.6. The van der Waals surface area contributed by atoms with Crippen molar-refractivity contribution in [2.75, 3.05) is 20.3 Å². The average Bonchev–Trinajstić information content (AvgIpc) is 2.99. The lowest BCUT2D eigenvalue weighted by molar-refractivity contribution is -0.212. The molecule has 1 fully saturated rings. The molecular formula is C31H46N2O18S. The van der Waals surface area contributed by atoms with Crippen LogP contribution in [0.25, 0.3) is 0 Å². The first-order valence-electron chi connectivity index (χ1n) is 15.7. The fraction of sp³-hybridized carbons (Fsp3) is 0.710. The van der Waals surface area contributed by atoms with Crippen molar-refractivity contribution in [1.82, 2.24) is 10.6 Å². The minimum absolute atomic E-state index is 0.569. The van der Waals surface area contributed by atoms with Crippen molar-refractivity contribution in [1.29, 1.82) is 0 Å². The summed E-state index contributed by atoms with van der Waals surface area (Å²) in [4.78, 5) is 111. The molecule has 2 N–H and O–H groups in total. The highest BCUT2D eigenvalue weighted by atomic mass is 32.2. The zero-order valence-electron chi connectivity index (χ0n) is 30.4. The number of carbonyl (C=O) groups excluding carboxylic acids is 9. The number of hydrogen-bond acceptors (Lipinski definition) is 19. The molecular weight excluding hydrogens is 720 g/mol. The van der Waals surface area contributed by atoms with Gasteiger partial charge in [-0.2, -0.15) is 0 Å². The summed E-state index contributed by atoms with van der Waals surface area (Å²) in [5.41, 5.74) is -1.47. The zero-order chi connectivity index (χ0) is 39.9. The number of thioether (sulfide) groups is 1. The minimum atomic E-state index is -1.71. The number of methoxy groups -OCH3 is 1. The molecule has 0 aromatic heterocycles. The van der Waals surface area contributed by atoms with Crippen molar-refractivity contribution in [3.05, 3.63) is 0 Å². The molecule has 0 aromatic rings. The summed E-state index contributed by atoms with van der Waals surface area (Å²) in [5, 5.41) is 3.59. The Kier molecular flexibility index (Phi) is 19.1. The largest absolute Gasteiger partial charge is 0.463 e. The number of rotatable bonds is 18. The van der Waals surface area contributed by atoms with Gasteiger partial charge in [-0.25, -0.2) is 0 Å². The van der Waals surface area contributed by atoms with E-state index in [4.69, 9.17) is 42.6 Å². The average molecular weight is 767 g/mol. The van der Waals surface area contributed by atoms with E-state index in [-0.39, 0.29) is 0 Å². The Morgan fingerprint density at radius 3 is 1.63 bits per heavy atom. The predicted octanol–water partition coefficient (Wildman–Crippen LogP) is -0.789. The van der Waals surface area contributed by atoms with Gasteiger partial charge in [-0.1, -0.05) is 0 Å². The van der Waals surface area contributed by atoms with Crippen LogP contribution in [0.4, 0.5) is 0 Å². The third-order valence-electron chi connectivity index (χ3n) is 6.65. The van der Waals surface area contributed by atoms with E-state index in [0.29, 0.717) is 11.8 Å². The molecule has 10 atom stereocenters. The van der Waals surface area contributed by atoms with E-state index < -0.39 is 126 Å². The van der Waals surface area contributed by atoms with E-state index in [1.54, 1.807) is 0 Å². The van der Waals surface area contributed by atoms with E-state index in [1.807, 2.05) is 0 Å². The smallest absolute Gasteiger partial charge is 0.305 e. The lowest BCUT2D eigenvalue weighted by atomic mass is 9.97. The second kappa shape index (κ2) is 21.8. The maximum atomic E-state index is 12.7. The van der Waals surface area contributed by atoms with Gasteiger partial charge in [0.25, 0.3) is 0 Å². The van der Waals surface area contributed by atoms with Crippen LogP contribution in [0.15, 0.2) is 0 Å². The number of carbonyl (C=O) groups is 9. The monoisotopic (exact) mass is 766 g/mol. The van der Waals surface area contributed by atoms with E-state index in [9.17, 15) is 43.2 Å². The standard InChI is InChI=1S/C31H46N2O18S/c1-13(34)32-24(30(43-10)50-21(9)42)28(49-20(8)41)29(23(46-17(5)38)12-45-16(4)37)52-31-25(33-14(2)35)27(48-19(7)40)26(47-18(6)39)22(51-31)11-44-15(3)36/h22-31H,11-12H2,1-10H3,(H,32,34)(H,33,35)/t22-,23-,24-,25-,26-,27-,28-,29-,30?,31+/m1/s1. The van der Waals surface area contributed by atoms with Crippen molar-refractivity contribution in [3.8, 4) is 0 Å². The first kappa shape index (κ1) is 45.5. The summed E-state index contributed by atoms with van der Waals surface area (Å²) in [7, 11) is 1.12. The van der Waals surface area contributed by atoms with E-state index in [0.717, 1.165) is 69.4 Å². The maximum absolute atomic E-state index is 12.7. The molecule has 2 amide bonds. The van der Waals surface area contributed by atoms with Gasteiger partial charge in [0, 0.05) is 69.4 Å². The molecule has 0 aliphatic carbocycles. The normalized spacial score (nSPS) is 22.4. The third-order valence-corrected chi connectivity index (χ3v) is 8.21. The minimum Gasteiger partial charge on any atom is -0.463 e. The first-order chi connectivity index (χ1) is 24.2. The summed E-state index contributed by atoms with van der Waals surface area (Å²) >= 11 is 0.657.